The van der Waals surface area contributed by atoms with Crippen molar-refractivity contribution in [2.45, 2.75) is 27.2 Å². The van der Waals surface area contributed by atoms with Crippen LogP contribution in [0.4, 0.5) is 0 Å². The van der Waals surface area contributed by atoms with Gasteiger partial charge in [-0.3, -0.25) is 4.79 Å². The van der Waals surface area contributed by atoms with Crippen LogP contribution in [0.15, 0.2) is 4.79 Å². The van der Waals surface area contributed by atoms with E-state index in [9.17, 15) is 4.79 Å². The van der Waals surface area contributed by atoms with Gasteiger partial charge in [-0.1, -0.05) is 6.92 Å². The third-order valence-corrected chi connectivity index (χ3v) is 2.16. The highest BCUT2D eigenvalue weighted by molar-refractivity contribution is 5.25. The topological polar surface area (TPSA) is 34.9 Å². The number of rotatable bonds is 1. The quantitative estimate of drug-likeness (QED) is 0.622. The first kappa shape index (κ1) is 8.97. The fourth-order valence-corrected chi connectivity index (χ4v) is 1.49. The number of aromatic nitrogens is 2. The molecule has 0 bridgehead atoms. The van der Waals surface area contributed by atoms with E-state index in [0.29, 0.717) is 0 Å². The van der Waals surface area contributed by atoms with Crippen LogP contribution in [0.25, 0.3) is 0 Å². The van der Waals surface area contributed by atoms with Gasteiger partial charge < -0.3 is 0 Å². The Morgan fingerprint density at radius 1 is 1.42 bits per heavy atom. The monoisotopic (exact) mass is 166 g/mol. The van der Waals surface area contributed by atoms with Gasteiger partial charge in [-0.25, -0.2) is 4.68 Å². The van der Waals surface area contributed by atoms with Crippen LogP contribution >= 0.6 is 0 Å². The molecule has 12 heavy (non-hydrogen) atoms. The molecule has 1 heterocycles. The summed E-state index contributed by atoms with van der Waals surface area (Å²) in [7, 11) is 1.68. The van der Waals surface area contributed by atoms with Crippen molar-refractivity contribution >= 4 is 0 Å². The molecule has 0 unspecified atom stereocenters. The largest absolute Gasteiger partial charge is 0.269 e. The second-order valence-corrected chi connectivity index (χ2v) is 2.97. The first-order chi connectivity index (χ1) is 5.57. The van der Waals surface area contributed by atoms with Crippen molar-refractivity contribution in [2.24, 2.45) is 7.05 Å². The molecule has 3 nitrogen and oxygen atoms in total. The number of hydrogen-bond donors (Lipinski definition) is 0. The Balaban J connectivity index is 3.52. The zero-order chi connectivity index (χ0) is 9.30. The highest BCUT2D eigenvalue weighted by Crippen LogP contribution is 2.06. The molecule has 0 saturated heterocycles. The summed E-state index contributed by atoms with van der Waals surface area (Å²) < 4.78 is 1.39. The summed E-state index contributed by atoms with van der Waals surface area (Å²) in [6, 6.07) is 0. The van der Waals surface area contributed by atoms with Gasteiger partial charge >= 0.3 is 0 Å². The van der Waals surface area contributed by atoms with Crippen molar-refractivity contribution < 1.29 is 0 Å². The summed E-state index contributed by atoms with van der Waals surface area (Å²) in [6.45, 7) is 5.83. The molecular weight excluding hydrogens is 152 g/mol. The lowest BCUT2D eigenvalue weighted by molar-refractivity contribution is 0.675. The summed E-state index contributed by atoms with van der Waals surface area (Å²) in [4.78, 5) is 11.4. The maximum Gasteiger partial charge on any atom is 0.269 e. The molecule has 0 aliphatic carbocycles. The zero-order valence-electron chi connectivity index (χ0n) is 8.01. The van der Waals surface area contributed by atoms with Gasteiger partial charge in [0.05, 0.1) is 5.69 Å². The predicted molar refractivity (Wildman–Crippen MR) is 48.3 cm³/mol. The van der Waals surface area contributed by atoms with E-state index in [-0.39, 0.29) is 5.56 Å². The normalized spacial score (nSPS) is 10.3. The lowest BCUT2D eigenvalue weighted by Gasteiger charge is -2.07. The highest BCUT2D eigenvalue weighted by atomic mass is 16.1. The molecule has 0 atom stereocenters. The van der Waals surface area contributed by atoms with E-state index in [2.05, 4.69) is 5.10 Å². The maximum atomic E-state index is 11.4. The summed E-state index contributed by atoms with van der Waals surface area (Å²) in [6.07, 6.45) is 0.876. The highest BCUT2D eigenvalue weighted by Gasteiger charge is 2.06. The third-order valence-electron chi connectivity index (χ3n) is 2.16. The molecule has 1 aromatic heterocycles. The fraction of sp³-hybridized carbons (Fsp3) is 0.556. The van der Waals surface area contributed by atoms with E-state index < -0.39 is 0 Å². The molecule has 0 aliphatic heterocycles. The Bertz CT molecular complexity index is 352. The second kappa shape index (κ2) is 3.09. The zero-order valence-corrected chi connectivity index (χ0v) is 8.01. The molecule has 0 N–H and O–H groups in total. The Morgan fingerprint density at radius 2 is 2.00 bits per heavy atom. The van der Waals surface area contributed by atoms with Crippen LogP contribution in [0, 0.1) is 13.8 Å². The van der Waals surface area contributed by atoms with Crippen LogP contribution in [0.2, 0.25) is 0 Å². The Morgan fingerprint density at radius 3 is 2.50 bits per heavy atom. The average Bonchev–Trinajstić information content (AvgIpc) is 2.01. The molecule has 0 aliphatic rings. The van der Waals surface area contributed by atoms with Gasteiger partial charge in [0.25, 0.3) is 5.56 Å². The second-order valence-electron chi connectivity index (χ2n) is 2.97. The van der Waals surface area contributed by atoms with E-state index in [4.69, 9.17) is 0 Å². The van der Waals surface area contributed by atoms with Gasteiger partial charge in [-0.15, -0.1) is 0 Å². The van der Waals surface area contributed by atoms with E-state index in [1.807, 2.05) is 20.8 Å². The molecule has 3 heteroatoms. The van der Waals surface area contributed by atoms with Gasteiger partial charge in [0.15, 0.2) is 0 Å². The SMILES string of the molecule is CCc1c(C)nn(C)c(=O)c1C. The molecule has 66 valence electrons. The molecule has 0 radical (unpaired) electrons. The van der Waals surface area contributed by atoms with Gasteiger partial charge in [-0.05, 0) is 25.8 Å². The van der Waals surface area contributed by atoms with Gasteiger partial charge in [-0.2, -0.15) is 5.10 Å². The Kier molecular flexibility index (Phi) is 2.31. The molecule has 0 aromatic carbocycles. The molecule has 0 amide bonds. The first-order valence-corrected chi connectivity index (χ1v) is 4.11. The lowest BCUT2D eigenvalue weighted by atomic mass is 10.1. The molecule has 0 fully saturated rings. The van der Waals surface area contributed by atoms with Crippen molar-refractivity contribution in [3.8, 4) is 0 Å². The standard InChI is InChI=1S/C9H14N2O/c1-5-8-6(2)9(12)11(4)10-7(8)3/h5H2,1-4H3. The number of hydrogen-bond acceptors (Lipinski definition) is 2. The van der Waals surface area contributed by atoms with Crippen LogP contribution in [0.5, 0.6) is 0 Å². The summed E-state index contributed by atoms with van der Waals surface area (Å²) in [5, 5.41) is 4.11. The van der Waals surface area contributed by atoms with E-state index in [0.717, 1.165) is 23.2 Å². The van der Waals surface area contributed by atoms with Gasteiger partial charge in [0, 0.05) is 12.6 Å². The van der Waals surface area contributed by atoms with E-state index in [1.54, 1.807) is 7.05 Å². The van der Waals surface area contributed by atoms with Crippen LogP contribution in [0.3, 0.4) is 0 Å². The summed E-state index contributed by atoms with van der Waals surface area (Å²) in [5.74, 6) is 0. The van der Waals surface area contributed by atoms with Crippen molar-refractivity contribution in [3.05, 3.63) is 27.2 Å². The first-order valence-electron chi connectivity index (χ1n) is 4.11. The third kappa shape index (κ3) is 1.26. The maximum absolute atomic E-state index is 11.4. The minimum Gasteiger partial charge on any atom is -0.268 e. The molecule has 0 spiro atoms. The minimum atomic E-state index is 0.0115. The minimum absolute atomic E-state index is 0.0115. The molecule has 1 aromatic rings. The van der Waals surface area contributed by atoms with Crippen molar-refractivity contribution in [1.29, 1.82) is 0 Å². The smallest absolute Gasteiger partial charge is 0.268 e. The fourth-order valence-electron chi connectivity index (χ4n) is 1.49. The summed E-state index contributed by atoms with van der Waals surface area (Å²) in [5.41, 5.74) is 2.88. The van der Waals surface area contributed by atoms with Crippen LogP contribution in [-0.4, -0.2) is 9.78 Å². The van der Waals surface area contributed by atoms with E-state index >= 15 is 0 Å². The Hall–Kier alpha value is -1.12. The Labute approximate surface area is 72.0 Å². The molecule has 0 saturated carbocycles. The van der Waals surface area contributed by atoms with Gasteiger partial charge in [0.1, 0.15) is 0 Å². The lowest BCUT2D eigenvalue weighted by Crippen LogP contribution is -2.24. The number of aryl methyl sites for hydroxylation is 2. The van der Waals surface area contributed by atoms with Gasteiger partial charge in [0.2, 0.25) is 0 Å². The molecular formula is C9H14N2O. The predicted octanol–water partition coefficient (Wildman–Crippen LogP) is 0.960. The van der Waals surface area contributed by atoms with Crippen LogP contribution in [0.1, 0.15) is 23.7 Å². The summed E-state index contributed by atoms with van der Waals surface area (Å²) >= 11 is 0. The van der Waals surface area contributed by atoms with Crippen LogP contribution in [-0.2, 0) is 13.5 Å². The van der Waals surface area contributed by atoms with E-state index in [1.165, 1.54) is 4.68 Å². The number of nitrogens with zero attached hydrogens (tertiary/aromatic N) is 2. The van der Waals surface area contributed by atoms with Crippen LogP contribution < -0.4 is 5.56 Å². The van der Waals surface area contributed by atoms with Crippen molar-refractivity contribution in [1.82, 2.24) is 9.78 Å². The van der Waals surface area contributed by atoms with Crippen molar-refractivity contribution in [3.63, 3.8) is 0 Å². The average molecular weight is 166 g/mol. The van der Waals surface area contributed by atoms with Crippen molar-refractivity contribution in [2.75, 3.05) is 0 Å². The molecule has 1 rings (SSSR count).